The summed E-state index contributed by atoms with van der Waals surface area (Å²) in [5.74, 6) is -1.43. The highest BCUT2D eigenvalue weighted by molar-refractivity contribution is 6.33. The molecule has 0 spiro atoms. The molecule has 1 aromatic heterocycles. The van der Waals surface area contributed by atoms with Gasteiger partial charge in [-0.1, -0.05) is 41.4 Å². The molecule has 0 aliphatic carbocycles. The molecule has 0 fully saturated rings. The van der Waals surface area contributed by atoms with Crippen LogP contribution in [0.1, 0.15) is 34.1 Å². The zero-order valence-corrected chi connectivity index (χ0v) is 13.9. The molecule has 0 saturated carbocycles. The van der Waals surface area contributed by atoms with E-state index in [1.807, 2.05) is 0 Å². The largest absolute Gasteiger partial charge is 0.412 e. The number of alkyl halides is 5. The van der Waals surface area contributed by atoms with Crippen molar-refractivity contribution >= 4 is 29.1 Å². The number of aromatic nitrogens is 2. The lowest BCUT2D eigenvalue weighted by molar-refractivity contribution is -0.155. The monoisotopic (exact) mass is 401 g/mol. The summed E-state index contributed by atoms with van der Waals surface area (Å²) in [5.41, 5.74) is -2.26. The lowest BCUT2D eigenvalue weighted by atomic mass is 10.1. The molecule has 0 saturated heterocycles. The number of carbonyl (C=O) groups is 1. The molecule has 1 aromatic carbocycles. The Labute approximate surface area is 148 Å². The number of halogens is 7. The van der Waals surface area contributed by atoms with E-state index in [2.05, 4.69) is 5.10 Å². The summed E-state index contributed by atoms with van der Waals surface area (Å²) in [6.07, 6.45) is -8.11. The third-order valence-corrected chi connectivity index (χ3v) is 4.03. The molecule has 1 atom stereocenters. The molecular formula is C14H10Cl2F5N3O. The summed E-state index contributed by atoms with van der Waals surface area (Å²) in [5, 5.41) is 4.27. The van der Waals surface area contributed by atoms with Gasteiger partial charge in [0.1, 0.15) is 16.4 Å². The normalized spacial score (nSPS) is 13.2. The fourth-order valence-corrected chi connectivity index (χ4v) is 2.60. The molecule has 0 aliphatic rings. The number of hydrogen-bond donors (Lipinski definition) is 1. The van der Waals surface area contributed by atoms with Crippen molar-refractivity contribution in [1.29, 1.82) is 0 Å². The van der Waals surface area contributed by atoms with E-state index in [-0.39, 0.29) is 5.02 Å². The van der Waals surface area contributed by atoms with Crippen molar-refractivity contribution < 1.29 is 26.7 Å². The standard InChI is InChI=1S/C14H10Cl2F5N3O/c1-24-11(16)8(9(23-24)12(17)18)13(25)22-10(14(19,20)21)6-4-2-3-5-7(6)15/h2-5,10,12H,1H3,(H,22,25). The summed E-state index contributed by atoms with van der Waals surface area (Å²) in [6.45, 7) is 0. The van der Waals surface area contributed by atoms with Gasteiger partial charge < -0.3 is 5.32 Å². The summed E-state index contributed by atoms with van der Waals surface area (Å²) < 4.78 is 66.8. The number of hydrogen-bond acceptors (Lipinski definition) is 2. The zero-order chi connectivity index (χ0) is 18.9. The van der Waals surface area contributed by atoms with Crippen LogP contribution in [0.4, 0.5) is 22.0 Å². The predicted octanol–water partition coefficient (Wildman–Crippen LogP) is 4.70. The van der Waals surface area contributed by atoms with Crippen molar-refractivity contribution in [3.05, 3.63) is 51.3 Å². The second-order valence-corrected chi connectivity index (χ2v) is 5.71. The fraction of sp³-hybridized carbons (Fsp3) is 0.286. The first kappa shape index (κ1) is 19.5. The van der Waals surface area contributed by atoms with Gasteiger partial charge in [-0.2, -0.15) is 18.3 Å². The maximum absolute atomic E-state index is 13.4. The predicted molar refractivity (Wildman–Crippen MR) is 80.9 cm³/mol. The van der Waals surface area contributed by atoms with Gasteiger partial charge in [-0.15, -0.1) is 0 Å². The maximum Gasteiger partial charge on any atom is 0.412 e. The van der Waals surface area contributed by atoms with Gasteiger partial charge in [0.25, 0.3) is 12.3 Å². The Morgan fingerprint density at radius 3 is 2.36 bits per heavy atom. The Morgan fingerprint density at radius 2 is 1.84 bits per heavy atom. The van der Waals surface area contributed by atoms with Crippen LogP contribution in [0.3, 0.4) is 0 Å². The number of nitrogens with one attached hydrogen (secondary N) is 1. The van der Waals surface area contributed by atoms with Crippen LogP contribution in [0.2, 0.25) is 10.2 Å². The average Bonchev–Trinajstić information content (AvgIpc) is 2.80. The Bertz CT molecular complexity index is 791. The van der Waals surface area contributed by atoms with Gasteiger partial charge in [0.05, 0.1) is 0 Å². The van der Waals surface area contributed by atoms with E-state index in [4.69, 9.17) is 23.2 Å². The summed E-state index contributed by atoms with van der Waals surface area (Å²) in [7, 11) is 1.18. The first-order valence-corrected chi connectivity index (χ1v) is 7.42. The molecule has 2 rings (SSSR count). The number of benzene rings is 1. The number of amides is 1. The van der Waals surface area contributed by atoms with Crippen molar-refractivity contribution in [2.24, 2.45) is 7.05 Å². The number of nitrogens with zero attached hydrogens (tertiary/aromatic N) is 2. The van der Waals surface area contributed by atoms with Crippen molar-refractivity contribution in [1.82, 2.24) is 15.1 Å². The van der Waals surface area contributed by atoms with Crippen LogP contribution in [-0.4, -0.2) is 21.9 Å². The van der Waals surface area contributed by atoms with Crippen molar-refractivity contribution in [2.45, 2.75) is 18.6 Å². The molecule has 2 aromatic rings. The minimum atomic E-state index is -4.92. The lowest BCUT2D eigenvalue weighted by Gasteiger charge is -2.23. The third kappa shape index (κ3) is 4.04. The fourth-order valence-electron chi connectivity index (χ4n) is 2.13. The van der Waals surface area contributed by atoms with Crippen LogP contribution in [0.25, 0.3) is 0 Å². The van der Waals surface area contributed by atoms with Gasteiger partial charge in [-0.05, 0) is 6.07 Å². The van der Waals surface area contributed by atoms with E-state index < -0.39 is 46.5 Å². The second-order valence-electron chi connectivity index (χ2n) is 4.94. The molecule has 11 heteroatoms. The summed E-state index contributed by atoms with van der Waals surface area (Å²) in [4.78, 5) is 12.2. The first-order valence-electron chi connectivity index (χ1n) is 6.66. The summed E-state index contributed by atoms with van der Waals surface area (Å²) in [6, 6.07) is 2.49. The van der Waals surface area contributed by atoms with E-state index in [9.17, 15) is 26.7 Å². The SMILES string of the molecule is Cn1nc(C(F)F)c(C(=O)NC(c2ccccc2Cl)C(F)(F)F)c1Cl. The number of rotatable bonds is 4. The van der Waals surface area contributed by atoms with Gasteiger partial charge in [0, 0.05) is 17.6 Å². The van der Waals surface area contributed by atoms with E-state index in [1.165, 1.54) is 25.2 Å². The van der Waals surface area contributed by atoms with E-state index in [0.29, 0.717) is 0 Å². The van der Waals surface area contributed by atoms with Crippen molar-refractivity contribution in [3.63, 3.8) is 0 Å². The van der Waals surface area contributed by atoms with Crippen molar-refractivity contribution in [3.8, 4) is 0 Å². The molecule has 0 radical (unpaired) electrons. The minimum absolute atomic E-state index is 0.239. The molecular weight excluding hydrogens is 392 g/mol. The van der Waals surface area contributed by atoms with Crippen LogP contribution < -0.4 is 5.32 Å². The van der Waals surface area contributed by atoms with Gasteiger partial charge in [0.2, 0.25) is 0 Å². The van der Waals surface area contributed by atoms with E-state index in [1.54, 1.807) is 5.32 Å². The van der Waals surface area contributed by atoms with Gasteiger partial charge in [-0.25, -0.2) is 8.78 Å². The highest BCUT2D eigenvalue weighted by Gasteiger charge is 2.44. The molecule has 1 unspecified atom stereocenters. The van der Waals surface area contributed by atoms with Crippen LogP contribution in [0, 0.1) is 0 Å². The second kappa shape index (κ2) is 7.17. The number of carbonyl (C=O) groups excluding carboxylic acids is 1. The van der Waals surface area contributed by atoms with Gasteiger partial charge >= 0.3 is 6.18 Å². The molecule has 0 aliphatic heterocycles. The molecule has 25 heavy (non-hydrogen) atoms. The molecule has 0 bridgehead atoms. The van der Waals surface area contributed by atoms with Crippen LogP contribution >= 0.6 is 23.2 Å². The third-order valence-electron chi connectivity index (χ3n) is 3.26. The van der Waals surface area contributed by atoms with Gasteiger partial charge in [0.15, 0.2) is 6.04 Å². The highest BCUT2D eigenvalue weighted by atomic mass is 35.5. The molecule has 1 amide bonds. The molecule has 1 N–H and O–H groups in total. The van der Waals surface area contributed by atoms with Crippen LogP contribution in [-0.2, 0) is 7.05 Å². The smallest absolute Gasteiger partial charge is 0.336 e. The van der Waals surface area contributed by atoms with Crippen LogP contribution in [0.15, 0.2) is 24.3 Å². The maximum atomic E-state index is 13.4. The molecule has 4 nitrogen and oxygen atoms in total. The van der Waals surface area contributed by atoms with E-state index >= 15 is 0 Å². The Hall–Kier alpha value is -1.87. The van der Waals surface area contributed by atoms with Crippen molar-refractivity contribution in [2.75, 3.05) is 0 Å². The zero-order valence-electron chi connectivity index (χ0n) is 12.4. The molecule has 1 heterocycles. The van der Waals surface area contributed by atoms with Crippen LogP contribution in [0.5, 0.6) is 0 Å². The van der Waals surface area contributed by atoms with Gasteiger partial charge in [-0.3, -0.25) is 9.48 Å². The van der Waals surface area contributed by atoms with E-state index in [0.717, 1.165) is 10.7 Å². The Balaban J connectivity index is 2.45. The molecule has 136 valence electrons. The first-order chi connectivity index (χ1) is 11.5. The summed E-state index contributed by atoms with van der Waals surface area (Å²) >= 11 is 11.5. The quantitative estimate of drug-likeness (QED) is 0.754. The topological polar surface area (TPSA) is 46.9 Å². The lowest BCUT2D eigenvalue weighted by Crippen LogP contribution is -2.38. The Kier molecular flexibility index (Phi) is 5.58. The average molecular weight is 402 g/mol. The highest BCUT2D eigenvalue weighted by Crippen LogP contribution is 2.37. The minimum Gasteiger partial charge on any atom is -0.336 e. The Morgan fingerprint density at radius 1 is 1.24 bits per heavy atom. The number of aryl methyl sites for hydroxylation is 1.